The molecule has 2 rings (SSSR count). The number of halogens is 3. The van der Waals surface area contributed by atoms with Crippen LogP contribution < -0.4 is 5.73 Å². The van der Waals surface area contributed by atoms with Crippen molar-refractivity contribution in [2.24, 2.45) is 5.73 Å². The maximum absolute atomic E-state index is 13.3. The van der Waals surface area contributed by atoms with Crippen LogP contribution in [0.1, 0.15) is 17.2 Å². The van der Waals surface area contributed by atoms with Gasteiger partial charge in [0.05, 0.1) is 5.02 Å². The molecule has 0 aliphatic heterocycles. The molecule has 2 N–H and O–H groups in total. The first-order valence-corrected chi connectivity index (χ1v) is 6.54. The van der Waals surface area contributed by atoms with Gasteiger partial charge in [0.25, 0.3) is 0 Å². The Morgan fingerprint density at radius 2 is 2.17 bits per heavy atom. The van der Waals surface area contributed by atoms with Gasteiger partial charge < -0.3 is 5.73 Å². The van der Waals surface area contributed by atoms with Crippen molar-refractivity contribution >= 4 is 27.5 Å². The van der Waals surface area contributed by atoms with Crippen LogP contribution in [0.2, 0.25) is 5.02 Å². The van der Waals surface area contributed by atoms with E-state index in [-0.39, 0.29) is 11.1 Å². The second-order valence-corrected chi connectivity index (χ2v) is 5.26. The largest absolute Gasteiger partial charge is 0.324 e. The number of rotatable bonds is 3. The van der Waals surface area contributed by atoms with Gasteiger partial charge in [-0.2, -0.15) is 0 Å². The quantitative estimate of drug-likeness (QED) is 0.928. The van der Waals surface area contributed by atoms with E-state index in [4.69, 9.17) is 17.3 Å². The van der Waals surface area contributed by atoms with Crippen LogP contribution in [0.5, 0.6) is 0 Å². The van der Waals surface area contributed by atoms with E-state index in [0.717, 1.165) is 10.0 Å². The van der Waals surface area contributed by atoms with Gasteiger partial charge in [0, 0.05) is 22.9 Å². The molecule has 0 bridgehead atoms. The smallest absolute Gasteiger partial charge is 0.142 e. The summed E-state index contributed by atoms with van der Waals surface area (Å²) in [5.41, 5.74) is 7.63. The number of pyridine rings is 1. The van der Waals surface area contributed by atoms with E-state index >= 15 is 0 Å². The highest BCUT2D eigenvalue weighted by Crippen LogP contribution is 2.26. The minimum atomic E-state index is -0.447. The highest BCUT2D eigenvalue weighted by molar-refractivity contribution is 9.10. The van der Waals surface area contributed by atoms with E-state index in [1.165, 1.54) is 6.07 Å². The number of nitrogens with zero attached hydrogens (tertiary/aromatic N) is 1. The standard InChI is InChI=1S/C13H11BrClFN2/c14-9-4-8(6-18-7-9)5-12(17)10-2-1-3-11(16)13(10)15/h1-4,6-7,12H,5,17H2. The number of hydrogen-bond acceptors (Lipinski definition) is 2. The van der Waals surface area contributed by atoms with Crippen molar-refractivity contribution in [2.45, 2.75) is 12.5 Å². The Morgan fingerprint density at radius 3 is 2.89 bits per heavy atom. The zero-order valence-electron chi connectivity index (χ0n) is 9.41. The van der Waals surface area contributed by atoms with Crippen LogP contribution in [0.4, 0.5) is 4.39 Å². The summed E-state index contributed by atoms with van der Waals surface area (Å²) in [4.78, 5) is 4.06. The number of aromatic nitrogens is 1. The third-order valence-electron chi connectivity index (χ3n) is 2.60. The van der Waals surface area contributed by atoms with Crippen LogP contribution in [0.3, 0.4) is 0 Å². The van der Waals surface area contributed by atoms with Crippen molar-refractivity contribution in [1.29, 1.82) is 0 Å². The van der Waals surface area contributed by atoms with E-state index in [2.05, 4.69) is 20.9 Å². The van der Waals surface area contributed by atoms with E-state index in [9.17, 15) is 4.39 Å². The first-order valence-electron chi connectivity index (χ1n) is 5.37. The summed E-state index contributed by atoms with van der Waals surface area (Å²) in [6.45, 7) is 0. The highest BCUT2D eigenvalue weighted by Gasteiger charge is 2.13. The maximum Gasteiger partial charge on any atom is 0.142 e. The molecule has 5 heteroatoms. The molecule has 94 valence electrons. The van der Waals surface area contributed by atoms with Gasteiger partial charge in [-0.05, 0) is 45.6 Å². The molecule has 18 heavy (non-hydrogen) atoms. The van der Waals surface area contributed by atoms with Gasteiger partial charge in [-0.25, -0.2) is 4.39 Å². The van der Waals surface area contributed by atoms with Crippen LogP contribution >= 0.6 is 27.5 Å². The summed E-state index contributed by atoms with van der Waals surface area (Å²) >= 11 is 9.25. The Balaban J connectivity index is 2.22. The predicted octanol–water partition coefficient (Wildman–Crippen LogP) is 3.88. The van der Waals surface area contributed by atoms with Gasteiger partial charge >= 0.3 is 0 Å². The van der Waals surface area contributed by atoms with Crippen molar-refractivity contribution in [3.05, 3.63) is 63.1 Å². The van der Waals surface area contributed by atoms with Gasteiger partial charge in [-0.15, -0.1) is 0 Å². The van der Waals surface area contributed by atoms with Crippen LogP contribution in [-0.2, 0) is 6.42 Å². The van der Waals surface area contributed by atoms with Crippen molar-refractivity contribution in [1.82, 2.24) is 4.98 Å². The van der Waals surface area contributed by atoms with E-state index in [1.807, 2.05) is 6.07 Å². The van der Waals surface area contributed by atoms with Gasteiger partial charge in [-0.1, -0.05) is 23.7 Å². The molecule has 0 aliphatic rings. The summed E-state index contributed by atoms with van der Waals surface area (Å²) < 4.78 is 14.2. The SMILES string of the molecule is NC(Cc1cncc(Br)c1)c1cccc(F)c1Cl. The fourth-order valence-corrected chi connectivity index (χ4v) is 2.42. The molecule has 0 radical (unpaired) electrons. The van der Waals surface area contributed by atoms with Gasteiger partial charge in [-0.3, -0.25) is 4.98 Å². The summed E-state index contributed by atoms with van der Waals surface area (Å²) in [5.74, 6) is -0.447. The molecular weight excluding hydrogens is 319 g/mol. The summed E-state index contributed by atoms with van der Waals surface area (Å²) in [5, 5.41) is 0.0907. The fourth-order valence-electron chi connectivity index (χ4n) is 1.74. The van der Waals surface area contributed by atoms with E-state index in [0.29, 0.717) is 12.0 Å². The predicted molar refractivity (Wildman–Crippen MR) is 74.0 cm³/mol. The van der Waals surface area contributed by atoms with Crippen molar-refractivity contribution in [3.63, 3.8) is 0 Å². The minimum absolute atomic E-state index is 0.0907. The van der Waals surface area contributed by atoms with Crippen LogP contribution in [0, 0.1) is 5.82 Å². The highest BCUT2D eigenvalue weighted by atomic mass is 79.9. The number of nitrogens with two attached hydrogens (primary N) is 1. The average Bonchev–Trinajstić information content (AvgIpc) is 2.32. The molecular formula is C13H11BrClFN2. The topological polar surface area (TPSA) is 38.9 Å². The lowest BCUT2D eigenvalue weighted by molar-refractivity contribution is 0.619. The lowest BCUT2D eigenvalue weighted by Gasteiger charge is -2.14. The molecule has 1 atom stereocenters. The minimum Gasteiger partial charge on any atom is -0.324 e. The third kappa shape index (κ3) is 3.07. The van der Waals surface area contributed by atoms with Gasteiger partial charge in [0.2, 0.25) is 0 Å². The monoisotopic (exact) mass is 328 g/mol. The summed E-state index contributed by atoms with van der Waals surface area (Å²) in [7, 11) is 0. The van der Waals surface area contributed by atoms with Gasteiger partial charge in [0.1, 0.15) is 5.82 Å². The second-order valence-electron chi connectivity index (χ2n) is 3.97. The lowest BCUT2D eigenvalue weighted by Crippen LogP contribution is -2.14. The molecule has 0 spiro atoms. The number of benzene rings is 1. The van der Waals surface area contributed by atoms with E-state index in [1.54, 1.807) is 24.5 Å². The summed E-state index contributed by atoms with van der Waals surface area (Å²) in [6, 6.07) is 6.24. The molecule has 2 aromatic rings. The van der Waals surface area contributed by atoms with Crippen LogP contribution in [0.15, 0.2) is 41.1 Å². The van der Waals surface area contributed by atoms with Crippen LogP contribution in [-0.4, -0.2) is 4.98 Å². The van der Waals surface area contributed by atoms with Crippen molar-refractivity contribution < 1.29 is 4.39 Å². The Morgan fingerprint density at radius 1 is 1.39 bits per heavy atom. The molecule has 1 heterocycles. The normalized spacial score (nSPS) is 12.4. The zero-order valence-corrected chi connectivity index (χ0v) is 11.7. The average molecular weight is 330 g/mol. The first-order chi connectivity index (χ1) is 8.58. The Bertz CT molecular complexity index is 562. The van der Waals surface area contributed by atoms with Crippen molar-refractivity contribution in [2.75, 3.05) is 0 Å². The first kappa shape index (κ1) is 13.5. The molecule has 0 saturated heterocycles. The Kier molecular flexibility index (Phi) is 4.32. The fraction of sp³-hybridized carbons (Fsp3) is 0.154. The van der Waals surface area contributed by atoms with Gasteiger partial charge in [0.15, 0.2) is 0 Å². The van der Waals surface area contributed by atoms with Crippen LogP contribution in [0.25, 0.3) is 0 Å². The molecule has 1 aromatic heterocycles. The lowest BCUT2D eigenvalue weighted by atomic mass is 10.0. The maximum atomic E-state index is 13.3. The second kappa shape index (κ2) is 5.78. The zero-order chi connectivity index (χ0) is 13.1. The number of hydrogen-bond donors (Lipinski definition) is 1. The molecule has 0 saturated carbocycles. The molecule has 0 fully saturated rings. The molecule has 0 amide bonds. The van der Waals surface area contributed by atoms with E-state index < -0.39 is 5.82 Å². The molecule has 1 unspecified atom stereocenters. The summed E-state index contributed by atoms with van der Waals surface area (Å²) in [6.07, 6.45) is 3.98. The Labute approximate surface area is 118 Å². The van der Waals surface area contributed by atoms with Crippen molar-refractivity contribution in [3.8, 4) is 0 Å². The Hall–Kier alpha value is -0.970. The molecule has 1 aromatic carbocycles. The third-order valence-corrected chi connectivity index (χ3v) is 3.43. The molecule has 2 nitrogen and oxygen atoms in total. The molecule has 0 aliphatic carbocycles.